The van der Waals surface area contributed by atoms with Gasteiger partial charge in [0.1, 0.15) is 6.61 Å². The third-order valence-electron chi connectivity index (χ3n) is 5.97. The van der Waals surface area contributed by atoms with Crippen LogP contribution >= 0.6 is 11.6 Å². The van der Waals surface area contributed by atoms with Gasteiger partial charge >= 0.3 is 12.0 Å². The van der Waals surface area contributed by atoms with Gasteiger partial charge in [-0.05, 0) is 63.4 Å². The van der Waals surface area contributed by atoms with Crippen LogP contribution in [0.3, 0.4) is 0 Å². The number of anilines is 1. The second kappa shape index (κ2) is 10.4. The molecule has 0 radical (unpaired) electrons. The Balaban J connectivity index is 1.57. The lowest BCUT2D eigenvalue weighted by Crippen LogP contribution is -2.39. The molecule has 1 aliphatic rings. The van der Waals surface area contributed by atoms with E-state index in [2.05, 4.69) is 15.6 Å². The zero-order valence-electron chi connectivity index (χ0n) is 21.0. The van der Waals surface area contributed by atoms with Gasteiger partial charge in [-0.15, -0.1) is 0 Å². The standard InChI is InChI=1S/C26H32ClN5O4/c1-25(2,3)22(33)35-16-26(4,18-9-6-10-19(27)14-18)31-23-29-20-11-5-8-17(21(20)30-23)15-28-24(34)32-12-7-13-36-32/h5-6,8-11,14H,7,12-13,15-16H2,1-4H3,(H,28,34)(H2,29,30,31)/t26-/m0/s1. The number of urea groups is 1. The van der Waals surface area contributed by atoms with Crippen molar-refractivity contribution in [1.29, 1.82) is 0 Å². The third-order valence-corrected chi connectivity index (χ3v) is 6.20. The summed E-state index contributed by atoms with van der Waals surface area (Å²) in [5, 5.41) is 8.22. The molecule has 4 rings (SSSR count). The molecule has 192 valence electrons. The highest BCUT2D eigenvalue weighted by Gasteiger charge is 2.32. The number of benzene rings is 2. The number of hydroxylamine groups is 2. The molecular formula is C26H32ClN5O4. The Morgan fingerprint density at radius 1 is 1.19 bits per heavy atom. The molecule has 0 spiro atoms. The van der Waals surface area contributed by atoms with Crippen molar-refractivity contribution in [2.45, 2.75) is 46.2 Å². The molecule has 1 atom stereocenters. The molecule has 2 aromatic carbocycles. The predicted octanol–water partition coefficient (Wildman–Crippen LogP) is 4.98. The van der Waals surface area contributed by atoms with Crippen LogP contribution in [0.4, 0.5) is 10.7 Å². The number of esters is 1. The number of aromatic amines is 1. The second-order valence-electron chi connectivity index (χ2n) is 10.1. The number of para-hydroxylation sites is 1. The number of carbonyl (C=O) groups excluding carboxylic acids is 2. The number of amides is 2. The van der Waals surface area contributed by atoms with Gasteiger partial charge in [0.2, 0.25) is 5.95 Å². The van der Waals surface area contributed by atoms with Gasteiger partial charge in [-0.2, -0.15) is 0 Å². The van der Waals surface area contributed by atoms with Crippen LogP contribution < -0.4 is 10.6 Å². The summed E-state index contributed by atoms with van der Waals surface area (Å²) in [6.07, 6.45) is 0.827. The summed E-state index contributed by atoms with van der Waals surface area (Å²) in [5.41, 5.74) is 1.78. The van der Waals surface area contributed by atoms with E-state index in [1.165, 1.54) is 5.06 Å². The van der Waals surface area contributed by atoms with Gasteiger partial charge < -0.3 is 20.4 Å². The first-order valence-corrected chi connectivity index (χ1v) is 12.3. The van der Waals surface area contributed by atoms with Crippen LogP contribution in [0.2, 0.25) is 5.02 Å². The van der Waals surface area contributed by atoms with Crippen LogP contribution in [0.5, 0.6) is 0 Å². The summed E-state index contributed by atoms with van der Waals surface area (Å²) in [6, 6.07) is 12.9. The molecule has 3 N–H and O–H groups in total. The van der Waals surface area contributed by atoms with Crippen molar-refractivity contribution in [3.63, 3.8) is 0 Å². The highest BCUT2D eigenvalue weighted by Crippen LogP contribution is 2.30. The highest BCUT2D eigenvalue weighted by atomic mass is 35.5. The van der Waals surface area contributed by atoms with Crippen molar-refractivity contribution in [3.8, 4) is 0 Å². The number of nitrogens with one attached hydrogen (secondary N) is 3. The van der Waals surface area contributed by atoms with Crippen molar-refractivity contribution >= 4 is 40.6 Å². The number of H-pyrrole nitrogens is 1. The molecule has 36 heavy (non-hydrogen) atoms. The Morgan fingerprint density at radius 2 is 1.97 bits per heavy atom. The predicted molar refractivity (Wildman–Crippen MR) is 138 cm³/mol. The van der Waals surface area contributed by atoms with Crippen molar-refractivity contribution in [3.05, 3.63) is 58.6 Å². The van der Waals surface area contributed by atoms with Crippen LogP contribution in [-0.2, 0) is 26.5 Å². The number of imidazole rings is 1. The van der Waals surface area contributed by atoms with E-state index in [4.69, 9.17) is 26.2 Å². The summed E-state index contributed by atoms with van der Waals surface area (Å²) in [4.78, 5) is 38.2. The summed E-state index contributed by atoms with van der Waals surface area (Å²) in [6.45, 7) is 8.87. The highest BCUT2D eigenvalue weighted by molar-refractivity contribution is 6.30. The Bertz CT molecular complexity index is 1250. The molecular weight excluding hydrogens is 482 g/mol. The van der Waals surface area contributed by atoms with E-state index in [1.807, 2.05) is 64.1 Å². The molecule has 3 aromatic rings. The van der Waals surface area contributed by atoms with E-state index in [0.717, 1.165) is 28.6 Å². The fraction of sp³-hybridized carbons (Fsp3) is 0.423. The van der Waals surface area contributed by atoms with Crippen molar-refractivity contribution in [2.24, 2.45) is 5.41 Å². The number of fused-ring (bicyclic) bond motifs is 1. The molecule has 0 bridgehead atoms. The lowest BCUT2D eigenvalue weighted by molar-refractivity contribution is -0.154. The lowest BCUT2D eigenvalue weighted by Gasteiger charge is -2.32. The number of rotatable bonds is 7. The molecule has 1 saturated heterocycles. The van der Waals surface area contributed by atoms with Crippen molar-refractivity contribution in [2.75, 3.05) is 25.1 Å². The van der Waals surface area contributed by atoms with Crippen LogP contribution in [-0.4, -0.2) is 46.8 Å². The third kappa shape index (κ3) is 5.91. The largest absolute Gasteiger partial charge is 0.462 e. The Labute approximate surface area is 215 Å². The fourth-order valence-corrected chi connectivity index (χ4v) is 4.06. The first kappa shape index (κ1) is 25.8. The Morgan fingerprint density at radius 3 is 2.67 bits per heavy atom. The molecule has 1 fully saturated rings. The lowest BCUT2D eigenvalue weighted by atomic mass is 9.92. The molecule has 0 saturated carbocycles. The first-order valence-electron chi connectivity index (χ1n) is 11.9. The maximum Gasteiger partial charge on any atom is 0.341 e. The molecule has 2 heterocycles. The number of nitrogens with zero attached hydrogens (tertiary/aromatic N) is 2. The van der Waals surface area contributed by atoms with Gasteiger partial charge in [0.25, 0.3) is 0 Å². The number of aromatic nitrogens is 2. The van der Waals surface area contributed by atoms with E-state index in [1.54, 1.807) is 6.07 Å². The van der Waals surface area contributed by atoms with E-state index in [9.17, 15) is 9.59 Å². The summed E-state index contributed by atoms with van der Waals surface area (Å²) < 4.78 is 5.70. The van der Waals surface area contributed by atoms with Crippen LogP contribution in [0.25, 0.3) is 11.0 Å². The monoisotopic (exact) mass is 513 g/mol. The van der Waals surface area contributed by atoms with Gasteiger partial charge in [-0.3, -0.25) is 9.63 Å². The van der Waals surface area contributed by atoms with Crippen LogP contribution in [0.1, 0.15) is 45.2 Å². The maximum atomic E-state index is 12.5. The zero-order valence-corrected chi connectivity index (χ0v) is 21.7. The SMILES string of the molecule is CC(C)(C)C(=O)OC[C@](C)(Nc1nc2c(CNC(=O)N3CCCO3)cccc2[nH]1)c1cccc(Cl)c1. The van der Waals surface area contributed by atoms with Gasteiger partial charge in [0.05, 0.1) is 35.1 Å². The van der Waals surface area contributed by atoms with E-state index < -0.39 is 11.0 Å². The second-order valence-corrected chi connectivity index (χ2v) is 10.6. The minimum Gasteiger partial charge on any atom is -0.462 e. The topological polar surface area (TPSA) is 109 Å². The minimum atomic E-state index is -0.818. The first-order chi connectivity index (χ1) is 17.0. The number of carbonyl (C=O) groups is 2. The molecule has 1 aliphatic heterocycles. The van der Waals surface area contributed by atoms with Crippen molar-refractivity contribution < 1.29 is 19.2 Å². The molecule has 0 aliphatic carbocycles. The molecule has 10 heteroatoms. The molecule has 9 nitrogen and oxygen atoms in total. The van der Waals surface area contributed by atoms with Crippen LogP contribution in [0, 0.1) is 5.41 Å². The Hall–Kier alpha value is -3.30. The average Bonchev–Trinajstić information content (AvgIpc) is 3.50. The zero-order chi connectivity index (χ0) is 25.9. The number of hydrogen-bond acceptors (Lipinski definition) is 6. The smallest absolute Gasteiger partial charge is 0.341 e. The fourth-order valence-electron chi connectivity index (χ4n) is 3.87. The summed E-state index contributed by atoms with van der Waals surface area (Å²) in [7, 11) is 0. The maximum absolute atomic E-state index is 12.5. The van der Waals surface area contributed by atoms with E-state index in [-0.39, 0.29) is 18.6 Å². The Kier molecular flexibility index (Phi) is 7.42. The van der Waals surface area contributed by atoms with Crippen molar-refractivity contribution in [1.82, 2.24) is 20.3 Å². The normalized spacial score (nSPS) is 15.5. The van der Waals surface area contributed by atoms with Gasteiger partial charge in [0.15, 0.2) is 0 Å². The summed E-state index contributed by atoms with van der Waals surface area (Å²) in [5.74, 6) is 0.197. The number of ether oxygens (including phenoxy) is 1. The van der Waals surface area contributed by atoms with Gasteiger partial charge in [-0.1, -0.05) is 35.9 Å². The van der Waals surface area contributed by atoms with Crippen LogP contribution in [0.15, 0.2) is 42.5 Å². The van der Waals surface area contributed by atoms with Gasteiger partial charge in [0, 0.05) is 11.6 Å². The molecule has 0 unspecified atom stereocenters. The minimum absolute atomic E-state index is 0.0687. The molecule has 1 aromatic heterocycles. The quantitative estimate of drug-likeness (QED) is 0.384. The van der Waals surface area contributed by atoms with Gasteiger partial charge in [-0.25, -0.2) is 14.8 Å². The molecule has 2 amide bonds. The number of halogens is 1. The summed E-state index contributed by atoms with van der Waals surface area (Å²) >= 11 is 6.28. The number of hydrogen-bond donors (Lipinski definition) is 3. The average molecular weight is 514 g/mol. The van der Waals surface area contributed by atoms with E-state index >= 15 is 0 Å². The van der Waals surface area contributed by atoms with E-state index in [0.29, 0.717) is 30.7 Å².